The maximum absolute atomic E-state index is 8.87. The van der Waals surface area contributed by atoms with Gasteiger partial charge < -0.3 is 25.2 Å². The number of pyridine rings is 1. The Balaban J connectivity index is 1.70. The summed E-state index contributed by atoms with van der Waals surface area (Å²) in [5.41, 5.74) is 1.56. The number of nitrogens with two attached hydrogens (primary N) is 1. The third kappa shape index (κ3) is 5.76. The fourth-order valence-electron chi connectivity index (χ4n) is 2.52. The Morgan fingerprint density at radius 1 is 1.43 bits per heavy atom. The Hall–Kier alpha value is -2.47. The molecule has 0 aromatic carbocycles. The molecule has 150 valence electrons. The van der Waals surface area contributed by atoms with Gasteiger partial charge in [0.1, 0.15) is 23.8 Å². The smallest absolute Gasteiger partial charge is 0.176 e. The average molecular weight is 386 g/mol. The highest BCUT2D eigenvalue weighted by Crippen LogP contribution is 2.29. The van der Waals surface area contributed by atoms with Gasteiger partial charge in [-0.05, 0) is 18.9 Å². The van der Waals surface area contributed by atoms with Gasteiger partial charge >= 0.3 is 0 Å². The highest BCUT2D eigenvalue weighted by Gasteiger charge is 2.28. The van der Waals surface area contributed by atoms with Crippen molar-refractivity contribution in [1.82, 2.24) is 4.98 Å². The van der Waals surface area contributed by atoms with Crippen LogP contribution >= 0.6 is 0 Å². The second kappa shape index (κ2) is 9.15. The monoisotopic (exact) mass is 386 g/mol. The van der Waals surface area contributed by atoms with Crippen LogP contribution in [0.25, 0.3) is 0 Å². The minimum absolute atomic E-state index is 0.0176. The third-order valence-corrected chi connectivity index (χ3v) is 4.15. The number of nitrogens with zero attached hydrogens (tertiary/aromatic N) is 3. The van der Waals surface area contributed by atoms with Gasteiger partial charge in [-0.1, -0.05) is 25.7 Å². The number of aliphatic hydroxyl groups is 1. The lowest BCUT2D eigenvalue weighted by molar-refractivity contribution is -0.215. The molecule has 1 aliphatic heterocycles. The number of rotatable bonds is 6. The van der Waals surface area contributed by atoms with Crippen LogP contribution in [0.15, 0.2) is 22.4 Å². The summed E-state index contributed by atoms with van der Waals surface area (Å²) in [5, 5.41) is 12.7. The van der Waals surface area contributed by atoms with Crippen molar-refractivity contribution in [3.05, 3.63) is 23.5 Å². The lowest BCUT2D eigenvalue weighted by atomic mass is 9.96. The quantitative estimate of drug-likeness (QED) is 0.328. The Kier molecular flexibility index (Phi) is 6.62. The van der Waals surface area contributed by atoms with Gasteiger partial charge in [-0.25, -0.2) is 4.98 Å². The van der Waals surface area contributed by atoms with Crippen molar-refractivity contribution in [2.45, 2.75) is 39.1 Å². The molecule has 3 rings (SSSR count). The van der Waals surface area contributed by atoms with E-state index in [0.29, 0.717) is 42.5 Å². The summed E-state index contributed by atoms with van der Waals surface area (Å²) >= 11 is 0. The standard InChI is InChI=1S/C20H26N4O4/c1-20(2)12-26-18(27-13-20)11-22-10-16(24-21)19-17(28-15-5-6-15)8-14(9-23-19)4-3-7-25/h8-10,15,18,25H,5-7,11-13,21H2,1-2H3/b22-10?,24-16+. The number of aromatic nitrogens is 1. The van der Waals surface area contributed by atoms with Crippen LogP contribution in [-0.4, -0.2) is 60.8 Å². The second-order valence-corrected chi connectivity index (χ2v) is 7.57. The first kappa shape index (κ1) is 20.3. The highest BCUT2D eigenvalue weighted by atomic mass is 16.7. The molecule has 2 heterocycles. The predicted octanol–water partition coefficient (Wildman–Crippen LogP) is 1.10. The summed E-state index contributed by atoms with van der Waals surface area (Å²) in [6.07, 6.45) is 4.93. The molecule has 1 aromatic heterocycles. The molecular weight excluding hydrogens is 360 g/mol. The molecular formula is C20H26N4O4. The molecule has 1 aliphatic carbocycles. The predicted molar refractivity (Wildman–Crippen MR) is 105 cm³/mol. The third-order valence-electron chi connectivity index (χ3n) is 4.15. The first-order valence-electron chi connectivity index (χ1n) is 9.28. The normalized spacial score (nSPS) is 20.0. The van der Waals surface area contributed by atoms with E-state index in [9.17, 15) is 0 Å². The van der Waals surface area contributed by atoms with E-state index < -0.39 is 0 Å². The van der Waals surface area contributed by atoms with Gasteiger partial charge in [0.25, 0.3) is 0 Å². The zero-order valence-electron chi connectivity index (χ0n) is 16.2. The molecule has 8 nitrogen and oxygen atoms in total. The largest absolute Gasteiger partial charge is 0.488 e. The summed E-state index contributed by atoms with van der Waals surface area (Å²) in [5.74, 6) is 11.5. The molecule has 0 amide bonds. The molecule has 1 saturated carbocycles. The molecule has 0 spiro atoms. The molecule has 1 saturated heterocycles. The molecule has 0 radical (unpaired) electrons. The van der Waals surface area contributed by atoms with Crippen LogP contribution in [0.2, 0.25) is 0 Å². The van der Waals surface area contributed by atoms with Gasteiger partial charge in [0.15, 0.2) is 6.29 Å². The topological polar surface area (TPSA) is 112 Å². The molecule has 3 N–H and O–H groups in total. The molecule has 1 aromatic rings. The van der Waals surface area contributed by atoms with E-state index in [1.54, 1.807) is 18.5 Å². The summed E-state index contributed by atoms with van der Waals surface area (Å²) in [4.78, 5) is 8.75. The lowest BCUT2D eigenvalue weighted by Gasteiger charge is -2.33. The van der Waals surface area contributed by atoms with Crippen LogP contribution in [0.1, 0.15) is 37.9 Å². The minimum Gasteiger partial charge on any atom is -0.488 e. The summed E-state index contributed by atoms with van der Waals surface area (Å²) in [7, 11) is 0. The summed E-state index contributed by atoms with van der Waals surface area (Å²) in [6.45, 7) is 5.56. The van der Waals surface area contributed by atoms with Gasteiger partial charge in [-0.2, -0.15) is 5.10 Å². The Morgan fingerprint density at radius 2 is 2.18 bits per heavy atom. The van der Waals surface area contributed by atoms with E-state index in [0.717, 1.165) is 12.8 Å². The first-order chi connectivity index (χ1) is 13.5. The van der Waals surface area contributed by atoms with Crippen molar-refractivity contribution in [2.75, 3.05) is 26.4 Å². The maximum Gasteiger partial charge on any atom is 0.176 e. The Labute approximate surface area is 164 Å². The number of hydrogen-bond acceptors (Lipinski definition) is 8. The summed E-state index contributed by atoms with van der Waals surface area (Å²) in [6, 6.07) is 1.78. The van der Waals surface area contributed by atoms with Crippen LogP contribution in [0.4, 0.5) is 0 Å². The van der Waals surface area contributed by atoms with Crippen LogP contribution in [0, 0.1) is 17.3 Å². The summed E-state index contributed by atoms with van der Waals surface area (Å²) < 4.78 is 17.3. The molecule has 0 bridgehead atoms. The van der Waals surface area contributed by atoms with Gasteiger partial charge in [-0.3, -0.25) is 4.99 Å². The van der Waals surface area contributed by atoms with E-state index in [2.05, 4.69) is 40.8 Å². The SMILES string of the molecule is CC1(C)COC(CN=C/C(=N\N)c2ncc(C#CCO)cc2OC2CC2)OC1. The second-order valence-electron chi connectivity index (χ2n) is 7.57. The highest BCUT2D eigenvalue weighted by molar-refractivity contribution is 6.38. The zero-order valence-corrected chi connectivity index (χ0v) is 16.2. The molecule has 0 atom stereocenters. The van der Waals surface area contributed by atoms with Crippen LogP contribution in [0.3, 0.4) is 0 Å². The van der Waals surface area contributed by atoms with Crippen LogP contribution in [0.5, 0.6) is 5.75 Å². The van der Waals surface area contributed by atoms with Gasteiger partial charge in [-0.15, -0.1) is 0 Å². The van der Waals surface area contributed by atoms with E-state index in [-0.39, 0.29) is 24.4 Å². The molecule has 0 unspecified atom stereocenters. The molecule has 28 heavy (non-hydrogen) atoms. The number of aliphatic hydroxyl groups excluding tert-OH is 1. The fourth-order valence-corrected chi connectivity index (χ4v) is 2.52. The van der Waals surface area contributed by atoms with Crippen molar-refractivity contribution in [2.24, 2.45) is 21.4 Å². The van der Waals surface area contributed by atoms with Crippen molar-refractivity contribution in [1.29, 1.82) is 0 Å². The Morgan fingerprint density at radius 3 is 2.82 bits per heavy atom. The van der Waals surface area contributed by atoms with E-state index in [1.807, 2.05) is 0 Å². The molecule has 8 heteroatoms. The number of hydrogen-bond donors (Lipinski definition) is 2. The molecule has 2 fully saturated rings. The number of aliphatic imine (C=N–C) groups is 1. The van der Waals surface area contributed by atoms with Crippen molar-refractivity contribution in [3.63, 3.8) is 0 Å². The number of ether oxygens (including phenoxy) is 3. The van der Waals surface area contributed by atoms with E-state index >= 15 is 0 Å². The van der Waals surface area contributed by atoms with Crippen molar-refractivity contribution in [3.8, 4) is 17.6 Å². The first-order valence-corrected chi connectivity index (χ1v) is 9.28. The number of hydrazone groups is 1. The average Bonchev–Trinajstić information content (AvgIpc) is 3.49. The fraction of sp³-hybridized carbons (Fsp3) is 0.550. The van der Waals surface area contributed by atoms with E-state index in [1.165, 1.54) is 0 Å². The van der Waals surface area contributed by atoms with Crippen molar-refractivity contribution >= 4 is 11.9 Å². The van der Waals surface area contributed by atoms with Crippen molar-refractivity contribution < 1.29 is 19.3 Å². The van der Waals surface area contributed by atoms with Crippen LogP contribution in [-0.2, 0) is 9.47 Å². The maximum atomic E-state index is 8.87. The van der Waals surface area contributed by atoms with Gasteiger partial charge in [0.05, 0.1) is 32.1 Å². The lowest BCUT2D eigenvalue weighted by Crippen LogP contribution is -2.39. The minimum atomic E-state index is -0.380. The Bertz CT molecular complexity index is 796. The zero-order chi connectivity index (χ0) is 20.0. The van der Waals surface area contributed by atoms with Gasteiger partial charge in [0, 0.05) is 17.2 Å². The molecule has 2 aliphatic rings. The van der Waals surface area contributed by atoms with E-state index in [4.69, 9.17) is 25.2 Å². The van der Waals surface area contributed by atoms with Gasteiger partial charge in [0.2, 0.25) is 0 Å². The van der Waals surface area contributed by atoms with Crippen LogP contribution < -0.4 is 10.6 Å².